The molecule has 1 atom stereocenters. The molecule has 0 aliphatic carbocycles. The summed E-state index contributed by atoms with van der Waals surface area (Å²) >= 11 is 0. The molecule has 1 unspecified atom stereocenters. The van der Waals surface area contributed by atoms with Crippen LogP contribution in [0.5, 0.6) is 0 Å². The summed E-state index contributed by atoms with van der Waals surface area (Å²) in [6, 6.07) is 41.0. The molecule has 0 fully saturated rings. The van der Waals surface area contributed by atoms with Crippen molar-refractivity contribution in [2.24, 2.45) is 5.92 Å². The molecule has 4 aromatic carbocycles. The maximum absolute atomic E-state index is 8.78. The van der Waals surface area contributed by atoms with Gasteiger partial charge in [0.2, 0.25) is 0 Å². The molecular weight excluding hydrogens is 805 g/mol. The van der Waals surface area contributed by atoms with E-state index in [1.165, 1.54) is 5.19 Å². The van der Waals surface area contributed by atoms with Crippen LogP contribution in [0.15, 0.2) is 120 Å². The Labute approximate surface area is 315 Å². The SMILES string of the molecule is [2H]C(C)(C)c1cc(-c2[c-]cccc2)ncc1[Si](C)(C)C.[2H]C(C)(c1ccnc(-c2[c-]ccc3c2oc2cc(-c4ccccc4)ccc23)c1)C(C)C.[Ir]. The summed E-state index contributed by atoms with van der Waals surface area (Å²) in [5, 5.41) is 3.40. The standard InChI is InChI=1S/C28H24NO.C17H22NSi.Ir/c1-18(2)19(3)21-14-15-29-26(16-21)25-11-7-10-24-23-13-12-22(17-27(23)30-28(24)25)20-8-5-4-6-9-20;1-13(2)15-11-16(14-9-7-6-8-10-14)18-12-17(15)19(3,4)5;/h4-10,12-19H,1-3H3;6-9,11-13H,1-5H3;/q2*-1;/i19D;13D;. The van der Waals surface area contributed by atoms with Gasteiger partial charge >= 0.3 is 0 Å². The Morgan fingerprint density at radius 2 is 1.48 bits per heavy atom. The fraction of sp³-hybridized carbons (Fsp3) is 0.244. The van der Waals surface area contributed by atoms with Crippen molar-refractivity contribution in [2.45, 2.75) is 66.0 Å². The number of benzene rings is 4. The Morgan fingerprint density at radius 1 is 0.720 bits per heavy atom. The van der Waals surface area contributed by atoms with Crippen molar-refractivity contribution in [3.8, 4) is 33.6 Å². The molecule has 7 aromatic rings. The maximum Gasteiger partial charge on any atom is 0.121 e. The Morgan fingerprint density at radius 3 is 2.16 bits per heavy atom. The average Bonchev–Trinajstić information content (AvgIpc) is 3.50. The number of furan rings is 1. The summed E-state index contributed by atoms with van der Waals surface area (Å²) in [5.74, 6) is -1.11. The quantitative estimate of drug-likeness (QED) is 0.118. The first-order valence-corrected chi connectivity index (χ1v) is 20.5. The van der Waals surface area contributed by atoms with E-state index >= 15 is 0 Å². The van der Waals surface area contributed by atoms with Gasteiger partial charge in [0.1, 0.15) is 5.58 Å². The van der Waals surface area contributed by atoms with E-state index in [0.717, 1.165) is 66.7 Å². The second kappa shape index (κ2) is 15.8. The molecule has 0 aliphatic rings. The Hall–Kier alpha value is -4.15. The summed E-state index contributed by atoms with van der Waals surface area (Å²) < 4.78 is 23.6. The van der Waals surface area contributed by atoms with Crippen molar-refractivity contribution >= 4 is 35.2 Å². The zero-order valence-electron chi connectivity index (χ0n) is 32.2. The molecule has 3 heterocycles. The molecule has 257 valence electrons. The Balaban J connectivity index is 0.000000217. The van der Waals surface area contributed by atoms with Gasteiger partial charge in [-0.2, -0.15) is 0 Å². The van der Waals surface area contributed by atoms with Crippen molar-refractivity contribution in [1.82, 2.24) is 9.97 Å². The molecule has 50 heavy (non-hydrogen) atoms. The third-order valence-corrected chi connectivity index (χ3v) is 11.1. The number of hydrogen-bond acceptors (Lipinski definition) is 3. The van der Waals surface area contributed by atoms with Crippen LogP contribution < -0.4 is 5.19 Å². The van der Waals surface area contributed by atoms with Gasteiger partial charge in [-0.3, -0.25) is 0 Å². The van der Waals surface area contributed by atoms with E-state index in [4.69, 9.17) is 7.16 Å². The van der Waals surface area contributed by atoms with Gasteiger partial charge in [0.15, 0.2) is 0 Å². The minimum Gasteiger partial charge on any atom is -0.501 e. The van der Waals surface area contributed by atoms with Gasteiger partial charge < -0.3 is 14.4 Å². The number of rotatable bonds is 7. The van der Waals surface area contributed by atoms with E-state index in [1.807, 2.05) is 93.7 Å². The largest absolute Gasteiger partial charge is 0.501 e. The van der Waals surface area contributed by atoms with E-state index < -0.39 is 19.9 Å². The molecule has 0 aliphatic heterocycles. The Bertz CT molecular complexity index is 2290. The van der Waals surface area contributed by atoms with Crippen LogP contribution >= 0.6 is 0 Å². The normalized spacial score (nSPS) is 13.5. The Kier molecular flexibility index (Phi) is 10.8. The molecule has 3 nitrogen and oxygen atoms in total. The van der Waals surface area contributed by atoms with Gasteiger partial charge in [0.25, 0.3) is 0 Å². The summed E-state index contributed by atoms with van der Waals surface area (Å²) in [6.07, 6.45) is 3.76. The van der Waals surface area contributed by atoms with Crippen molar-refractivity contribution in [3.05, 3.63) is 139 Å². The molecule has 0 N–H and O–H groups in total. The first-order chi connectivity index (χ1) is 24.1. The third-order valence-electron chi connectivity index (χ3n) is 9.11. The van der Waals surface area contributed by atoms with Crippen LogP contribution in [-0.4, -0.2) is 18.0 Å². The second-order valence-electron chi connectivity index (χ2n) is 14.2. The molecule has 3 aromatic heterocycles. The number of fused-ring (bicyclic) bond motifs is 3. The molecule has 1 radical (unpaired) electrons. The predicted octanol–water partition coefficient (Wildman–Crippen LogP) is 12.1. The summed E-state index contributed by atoms with van der Waals surface area (Å²) in [6.45, 7) is 16.9. The van der Waals surface area contributed by atoms with Crippen LogP contribution in [0.1, 0.15) is 60.3 Å². The number of nitrogens with zero attached hydrogens (tertiary/aromatic N) is 2. The van der Waals surface area contributed by atoms with Crippen molar-refractivity contribution in [1.29, 1.82) is 0 Å². The van der Waals surface area contributed by atoms with Gasteiger partial charge in [-0.25, -0.2) is 0 Å². The van der Waals surface area contributed by atoms with Gasteiger partial charge in [-0.15, -0.1) is 54.1 Å². The molecular formula is C45H46IrN2OSi-2. The molecule has 0 bridgehead atoms. The monoisotopic (exact) mass is 853 g/mol. The first-order valence-electron chi connectivity index (χ1n) is 18.0. The fourth-order valence-corrected chi connectivity index (χ4v) is 7.64. The summed E-state index contributed by atoms with van der Waals surface area (Å²) in [4.78, 5) is 9.20. The van der Waals surface area contributed by atoms with Crippen LogP contribution in [0.25, 0.3) is 55.6 Å². The number of aromatic nitrogens is 2. The average molecular weight is 853 g/mol. The van der Waals surface area contributed by atoms with E-state index in [9.17, 15) is 0 Å². The second-order valence-corrected chi connectivity index (χ2v) is 19.2. The summed E-state index contributed by atoms with van der Waals surface area (Å²) in [7, 11) is -1.50. The van der Waals surface area contributed by atoms with Crippen LogP contribution in [-0.2, 0) is 20.1 Å². The molecule has 0 amide bonds. The molecule has 0 saturated heterocycles. The minimum atomic E-state index is -1.50. The fourth-order valence-electron chi connectivity index (χ4n) is 6.05. The third kappa shape index (κ3) is 8.07. The van der Waals surface area contributed by atoms with Crippen LogP contribution in [0.3, 0.4) is 0 Å². The van der Waals surface area contributed by atoms with Crippen molar-refractivity contribution < 1.29 is 27.3 Å². The molecule has 0 saturated carbocycles. The van der Waals surface area contributed by atoms with Crippen molar-refractivity contribution in [3.63, 3.8) is 0 Å². The predicted molar refractivity (Wildman–Crippen MR) is 210 cm³/mol. The van der Waals surface area contributed by atoms with Crippen LogP contribution in [0, 0.1) is 18.1 Å². The molecule has 0 spiro atoms. The summed E-state index contributed by atoms with van der Waals surface area (Å²) in [5.41, 5.74) is 9.46. The molecule has 5 heteroatoms. The number of pyridine rings is 2. The van der Waals surface area contributed by atoms with E-state index in [-0.39, 0.29) is 26.0 Å². The van der Waals surface area contributed by atoms with Gasteiger partial charge in [0, 0.05) is 40.6 Å². The zero-order chi connectivity index (χ0) is 36.6. The van der Waals surface area contributed by atoms with Crippen molar-refractivity contribution in [2.75, 3.05) is 0 Å². The maximum atomic E-state index is 8.78. The van der Waals surface area contributed by atoms with Gasteiger partial charge in [0.05, 0.1) is 13.7 Å². The van der Waals surface area contributed by atoms with Crippen LogP contribution in [0.2, 0.25) is 19.6 Å². The van der Waals surface area contributed by atoms with Gasteiger partial charge in [-0.05, 0) is 57.5 Å². The molecule has 7 rings (SSSR count). The van der Waals surface area contributed by atoms with E-state index in [2.05, 4.69) is 92.0 Å². The number of hydrogen-bond donors (Lipinski definition) is 0. The van der Waals surface area contributed by atoms with E-state index in [1.54, 1.807) is 6.20 Å². The zero-order valence-corrected chi connectivity index (χ0v) is 33.6. The first kappa shape index (κ1) is 34.3. The van der Waals surface area contributed by atoms with Crippen LogP contribution in [0.4, 0.5) is 0 Å². The smallest absolute Gasteiger partial charge is 0.121 e. The topological polar surface area (TPSA) is 38.9 Å². The van der Waals surface area contributed by atoms with E-state index in [0.29, 0.717) is 0 Å². The van der Waals surface area contributed by atoms with Gasteiger partial charge in [-0.1, -0.05) is 131 Å². The minimum absolute atomic E-state index is 0.